The molecule has 0 radical (unpaired) electrons. The number of carboxylic acid groups (broad SMARTS) is 1. The van der Waals surface area contributed by atoms with E-state index < -0.39 is 43.7 Å². The quantitative estimate of drug-likeness (QED) is 0.514. The highest BCUT2D eigenvalue weighted by Gasteiger charge is 2.32. The van der Waals surface area contributed by atoms with Gasteiger partial charge >= 0.3 is 5.97 Å². The molecule has 0 bridgehead atoms. The number of amides is 1. The van der Waals surface area contributed by atoms with Gasteiger partial charge in [-0.2, -0.15) is 0 Å². The van der Waals surface area contributed by atoms with Crippen LogP contribution >= 0.6 is 11.6 Å². The van der Waals surface area contributed by atoms with Crippen LogP contribution in [-0.2, 0) is 29.6 Å². The van der Waals surface area contributed by atoms with Crippen LogP contribution < -0.4 is 5.32 Å². The third-order valence-corrected chi connectivity index (χ3v) is 10.2. The smallest absolute Gasteiger partial charge is 0.307 e. The molecule has 2 atom stereocenters. The number of benzene rings is 1. The van der Waals surface area contributed by atoms with Gasteiger partial charge in [0.15, 0.2) is 0 Å². The van der Waals surface area contributed by atoms with Gasteiger partial charge in [-0.15, -0.1) is 0 Å². The lowest BCUT2D eigenvalue weighted by atomic mass is 9.99. The largest absolute Gasteiger partial charge is 0.481 e. The Hall–Kier alpha value is -1.80. The number of piperidine rings is 2. The zero-order valence-corrected chi connectivity index (χ0v) is 22.7. The molecule has 0 aromatic heterocycles. The molecule has 1 aromatic carbocycles. The number of nitrogens with one attached hydrogen (secondary N) is 1. The van der Waals surface area contributed by atoms with Crippen molar-refractivity contribution in [3.05, 3.63) is 29.0 Å². The minimum Gasteiger partial charge on any atom is -0.481 e. The van der Waals surface area contributed by atoms with Crippen molar-refractivity contribution in [3.8, 4) is 0 Å². The Kier molecular flexibility index (Phi) is 11.1. The maximum Gasteiger partial charge on any atom is 0.307 e. The number of hydrogen-bond acceptors (Lipinski definition) is 6. The summed E-state index contributed by atoms with van der Waals surface area (Å²) < 4.78 is 62.4. The first kappa shape index (κ1) is 30.4. The van der Waals surface area contributed by atoms with Gasteiger partial charge in [0.25, 0.3) is 0 Å². The first-order valence-corrected chi connectivity index (χ1v) is 15.3. The highest BCUT2D eigenvalue weighted by Crippen LogP contribution is 2.23. The predicted octanol–water partition coefficient (Wildman–Crippen LogP) is 2.61. The van der Waals surface area contributed by atoms with Gasteiger partial charge in [-0.1, -0.05) is 11.6 Å². The summed E-state index contributed by atoms with van der Waals surface area (Å²) in [4.78, 5) is 22.9. The average Bonchev–Trinajstić information content (AvgIpc) is 2.86. The van der Waals surface area contributed by atoms with Crippen molar-refractivity contribution >= 4 is 49.2 Å². The predicted molar refractivity (Wildman–Crippen MR) is 135 cm³/mol. The maximum absolute atomic E-state index is 13.1. The Labute approximate surface area is 216 Å². The van der Waals surface area contributed by atoms with Gasteiger partial charge in [0.2, 0.25) is 26.0 Å². The molecule has 204 valence electrons. The molecule has 2 aliphatic rings. The third kappa shape index (κ3) is 8.37. The highest BCUT2D eigenvalue weighted by molar-refractivity contribution is 7.89. The van der Waals surface area contributed by atoms with E-state index in [-0.39, 0.29) is 35.5 Å². The van der Waals surface area contributed by atoms with Gasteiger partial charge in [-0.05, 0) is 57.7 Å². The molecule has 2 aliphatic heterocycles. The fourth-order valence-electron chi connectivity index (χ4n) is 3.99. The van der Waals surface area contributed by atoms with Gasteiger partial charge in [-0.25, -0.2) is 29.8 Å². The second-order valence-corrected chi connectivity index (χ2v) is 13.6. The minimum absolute atomic E-state index is 0.0227. The van der Waals surface area contributed by atoms with E-state index >= 15 is 0 Å². The van der Waals surface area contributed by atoms with E-state index in [1.54, 1.807) is 13.8 Å². The highest BCUT2D eigenvalue weighted by atomic mass is 35.5. The van der Waals surface area contributed by atoms with E-state index in [1.807, 2.05) is 0 Å². The van der Waals surface area contributed by atoms with Crippen LogP contribution in [0.15, 0.2) is 18.2 Å². The van der Waals surface area contributed by atoms with Crippen molar-refractivity contribution in [1.29, 1.82) is 0 Å². The molecule has 10 nitrogen and oxygen atoms in total. The second kappa shape index (κ2) is 13.1. The number of anilines is 1. The average molecular weight is 570 g/mol. The Balaban J connectivity index is 0.000000281. The molecule has 2 heterocycles. The van der Waals surface area contributed by atoms with Crippen molar-refractivity contribution in [2.24, 2.45) is 11.8 Å². The number of carboxylic acids is 1. The number of carbonyl (C=O) groups is 2. The monoisotopic (exact) mass is 569 g/mol. The molecule has 0 unspecified atom stereocenters. The molecular formula is C22H33ClFN3O7S2. The van der Waals surface area contributed by atoms with Crippen molar-refractivity contribution < 1.29 is 35.9 Å². The number of carbonyl (C=O) groups excluding carboxylic acids is 1. The van der Waals surface area contributed by atoms with Crippen molar-refractivity contribution in [2.45, 2.75) is 39.5 Å². The summed E-state index contributed by atoms with van der Waals surface area (Å²) in [5.74, 6) is -2.63. The molecule has 0 aliphatic carbocycles. The summed E-state index contributed by atoms with van der Waals surface area (Å²) in [7, 11) is -6.51. The Morgan fingerprint density at radius 3 is 1.97 bits per heavy atom. The molecule has 2 fully saturated rings. The van der Waals surface area contributed by atoms with Gasteiger partial charge in [-0.3, -0.25) is 9.59 Å². The van der Waals surface area contributed by atoms with Gasteiger partial charge in [0.05, 0.1) is 28.4 Å². The number of halogens is 2. The van der Waals surface area contributed by atoms with E-state index in [0.717, 1.165) is 0 Å². The van der Waals surface area contributed by atoms with Crippen LogP contribution in [0.25, 0.3) is 0 Å². The van der Waals surface area contributed by atoms with Crippen LogP contribution in [0.5, 0.6) is 0 Å². The van der Waals surface area contributed by atoms with Gasteiger partial charge < -0.3 is 10.4 Å². The minimum atomic E-state index is -3.29. The van der Waals surface area contributed by atoms with E-state index in [1.165, 1.54) is 26.8 Å². The molecular weight excluding hydrogens is 537 g/mol. The van der Waals surface area contributed by atoms with E-state index in [4.69, 9.17) is 16.7 Å². The summed E-state index contributed by atoms with van der Waals surface area (Å²) in [6, 6.07) is 3.92. The number of rotatable bonds is 7. The van der Waals surface area contributed by atoms with E-state index in [9.17, 15) is 30.8 Å². The van der Waals surface area contributed by atoms with Crippen LogP contribution in [0.3, 0.4) is 0 Å². The summed E-state index contributed by atoms with van der Waals surface area (Å²) in [5, 5.41) is 11.4. The summed E-state index contributed by atoms with van der Waals surface area (Å²) in [6.07, 6.45) is 2.47. The van der Waals surface area contributed by atoms with Crippen LogP contribution in [0.4, 0.5) is 10.1 Å². The van der Waals surface area contributed by atoms with Crippen molar-refractivity contribution in [2.75, 3.05) is 43.0 Å². The lowest BCUT2D eigenvalue weighted by Crippen LogP contribution is -2.44. The first-order valence-electron chi connectivity index (χ1n) is 11.7. The summed E-state index contributed by atoms with van der Waals surface area (Å²) in [6.45, 7) is 4.37. The maximum atomic E-state index is 13.1. The fraction of sp³-hybridized carbons (Fsp3) is 0.636. The van der Waals surface area contributed by atoms with Crippen molar-refractivity contribution in [3.63, 3.8) is 0 Å². The fourth-order valence-corrected chi connectivity index (χ4v) is 6.53. The molecule has 0 saturated carbocycles. The molecule has 0 spiro atoms. The normalized spacial score (nSPS) is 21.8. The number of aliphatic carboxylic acids is 1. The molecule has 2 saturated heterocycles. The molecule has 3 rings (SSSR count). The Morgan fingerprint density at radius 1 is 1.00 bits per heavy atom. The van der Waals surface area contributed by atoms with Crippen LogP contribution in [0.1, 0.15) is 39.5 Å². The Bertz CT molecular complexity index is 1150. The van der Waals surface area contributed by atoms with Crippen LogP contribution in [0, 0.1) is 17.7 Å². The molecule has 1 aromatic rings. The van der Waals surface area contributed by atoms with E-state index in [0.29, 0.717) is 44.5 Å². The molecule has 14 heteroatoms. The van der Waals surface area contributed by atoms with Crippen LogP contribution in [0.2, 0.25) is 5.02 Å². The lowest BCUT2D eigenvalue weighted by molar-refractivity contribution is -0.142. The van der Waals surface area contributed by atoms with E-state index in [2.05, 4.69) is 5.32 Å². The third-order valence-electron chi connectivity index (χ3n) is 6.19. The SMILES string of the molecule is CCS(=O)(=O)N1CCC[C@H](C(=O)Nc2ccc(F)c(Cl)c2)C1.CCS(=O)(=O)N1CCC[C@H](C(=O)O)C1. The lowest BCUT2D eigenvalue weighted by Gasteiger charge is -2.30. The standard InChI is InChI=1S/C14H18ClFN2O3S.C8H15NO4S/c1-2-22(20,21)18-7-3-4-10(9-18)14(19)17-11-5-6-13(16)12(15)8-11;1-2-14(12,13)9-5-3-4-7(6-9)8(10)11/h5-6,8,10H,2-4,7,9H2,1H3,(H,17,19);7H,2-6H2,1H3,(H,10,11)/t10-;7-/m00/s1. The summed E-state index contributed by atoms with van der Waals surface area (Å²) >= 11 is 5.67. The number of hydrogen-bond donors (Lipinski definition) is 2. The van der Waals surface area contributed by atoms with Gasteiger partial charge in [0, 0.05) is 31.9 Å². The zero-order chi connectivity index (χ0) is 27.1. The molecule has 36 heavy (non-hydrogen) atoms. The zero-order valence-electron chi connectivity index (χ0n) is 20.3. The molecule has 2 N–H and O–H groups in total. The van der Waals surface area contributed by atoms with Gasteiger partial charge in [0.1, 0.15) is 5.82 Å². The Morgan fingerprint density at radius 2 is 1.50 bits per heavy atom. The number of nitrogens with zero attached hydrogens (tertiary/aromatic N) is 2. The first-order chi connectivity index (χ1) is 16.8. The topological polar surface area (TPSA) is 141 Å². The molecule has 1 amide bonds. The number of sulfonamides is 2. The summed E-state index contributed by atoms with van der Waals surface area (Å²) in [5.41, 5.74) is 0.395. The van der Waals surface area contributed by atoms with Crippen molar-refractivity contribution in [1.82, 2.24) is 8.61 Å². The van der Waals surface area contributed by atoms with Crippen LogP contribution in [-0.4, -0.2) is 80.1 Å². The second-order valence-electron chi connectivity index (χ2n) is 8.65.